The molecule has 5 nitrogen and oxygen atoms in total. The zero-order valence-electron chi connectivity index (χ0n) is 16.8. The van der Waals surface area contributed by atoms with Crippen molar-refractivity contribution in [3.05, 3.63) is 46.5 Å². The second-order valence-corrected chi connectivity index (χ2v) is 8.71. The zero-order chi connectivity index (χ0) is 22.3. The van der Waals surface area contributed by atoms with E-state index in [2.05, 4.69) is 0 Å². The molecule has 0 aliphatic carbocycles. The van der Waals surface area contributed by atoms with Crippen LogP contribution >= 0.6 is 11.6 Å². The summed E-state index contributed by atoms with van der Waals surface area (Å²) in [6.07, 6.45) is 0.736. The van der Waals surface area contributed by atoms with E-state index in [1.54, 1.807) is 20.8 Å². The Morgan fingerprint density at radius 1 is 1.33 bits per heavy atom. The van der Waals surface area contributed by atoms with Crippen molar-refractivity contribution in [2.24, 2.45) is 0 Å². The van der Waals surface area contributed by atoms with Gasteiger partial charge in [-0.3, -0.25) is 4.90 Å². The lowest BCUT2D eigenvalue weighted by Gasteiger charge is -2.42. The third-order valence-corrected chi connectivity index (χ3v) is 5.22. The van der Waals surface area contributed by atoms with Crippen LogP contribution in [-0.2, 0) is 16.8 Å². The van der Waals surface area contributed by atoms with Crippen molar-refractivity contribution < 1.29 is 22.7 Å². The monoisotopic (exact) mass is 439 g/mol. The van der Waals surface area contributed by atoms with Crippen LogP contribution in [0.2, 0.25) is 5.02 Å². The number of hydrogen-bond acceptors (Lipinski definition) is 3. The first kappa shape index (κ1) is 22.0. The molecular weight excluding hydrogens is 419 g/mol. The Morgan fingerprint density at radius 3 is 2.53 bits per heavy atom. The molecule has 160 valence electrons. The molecule has 0 N–H and O–H groups in total. The Labute approximate surface area is 177 Å². The predicted molar refractivity (Wildman–Crippen MR) is 106 cm³/mol. The Morgan fingerprint density at radius 2 is 2.00 bits per heavy atom. The van der Waals surface area contributed by atoms with Gasteiger partial charge in [0.15, 0.2) is 0 Å². The number of rotatable bonds is 3. The third-order valence-electron chi connectivity index (χ3n) is 4.94. The van der Waals surface area contributed by atoms with Crippen LogP contribution in [0, 0.1) is 17.1 Å². The molecule has 9 heteroatoms. The number of nitriles is 1. The highest BCUT2D eigenvalue weighted by Gasteiger charge is 2.44. The van der Waals surface area contributed by atoms with Crippen LogP contribution in [0.5, 0.6) is 0 Å². The van der Waals surface area contributed by atoms with Crippen molar-refractivity contribution in [1.29, 1.82) is 5.26 Å². The predicted octanol–water partition coefficient (Wildman–Crippen LogP) is 5.20. The molecule has 2 aromatic rings. The number of carbonyl (C=O) groups is 1. The maximum absolute atomic E-state index is 14.2. The molecule has 0 spiro atoms. The van der Waals surface area contributed by atoms with E-state index in [4.69, 9.17) is 16.3 Å². The molecule has 0 saturated heterocycles. The fourth-order valence-electron chi connectivity index (χ4n) is 3.51. The van der Waals surface area contributed by atoms with Gasteiger partial charge in [-0.2, -0.15) is 5.26 Å². The molecule has 1 amide bonds. The van der Waals surface area contributed by atoms with E-state index in [1.165, 1.54) is 27.8 Å². The summed E-state index contributed by atoms with van der Waals surface area (Å²) in [5.74, 6) is -0.624. The molecular formula is C21H21ClF3N3O2. The highest BCUT2D eigenvalue weighted by atomic mass is 35.5. The third kappa shape index (κ3) is 3.86. The van der Waals surface area contributed by atoms with Crippen LogP contribution < -0.4 is 0 Å². The lowest BCUT2D eigenvalue weighted by molar-refractivity contribution is -0.000435. The van der Waals surface area contributed by atoms with Crippen molar-refractivity contribution in [3.8, 4) is 17.2 Å². The minimum Gasteiger partial charge on any atom is -0.444 e. The van der Waals surface area contributed by atoms with Gasteiger partial charge in [-0.25, -0.2) is 18.0 Å². The lowest BCUT2D eigenvalue weighted by atomic mass is 9.98. The molecule has 0 radical (unpaired) electrons. The molecule has 1 aromatic carbocycles. The van der Waals surface area contributed by atoms with Crippen molar-refractivity contribution in [2.75, 3.05) is 19.9 Å². The van der Waals surface area contributed by atoms with E-state index >= 15 is 0 Å². The molecule has 3 rings (SSSR count). The number of halogens is 4. The molecule has 1 aliphatic heterocycles. The van der Waals surface area contributed by atoms with Crippen molar-refractivity contribution in [3.63, 3.8) is 0 Å². The number of fused-ring (bicyclic) bond motifs is 1. The van der Waals surface area contributed by atoms with Gasteiger partial charge < -0.3 is 9.30 Å². The van der Waals surface area contributed by atoms with E-state index in [9.17, 15) is 23.2 Å². The summed E-state index contributed by atoms with van der Waals surface area (Å²) in [7, 11) is 0. The van der Waals surface area contributed by atoms with Gasteiger partial charge >= 0.3 is 6.09 Å². The molecule has 1 aromatic heterocycles. The Bertz CT molecular complexity index is 1020. The Hall–Kier alpha value is -2.66. The van der Waals surface area contributed by atoms with Gasteiger partial charge in [-0.15, -0.1) is 0 Å². The number of amides is 1. The minimum absolute atomic E-state index is 0.0610. The molecule has 0 saturated carbocycles. The van der Waals surface area contributed by atoms with Gasteiger partial charge in [0.1, 0.15) is 36.4 Å². The van der Waals surface area contributed by atoms with Gasteiger partial charge in [-0.1, -0.05) is 17.7 Å². The van der Waals surface area contributed by atoms with Gasteiger partial charge in [-0.05, 0) is 38.5 Å². The number of aromatic nitrogens is 1. The zero-order valence-corrected chi connectivity index (χ0v) is 17.6. The molecule has 0 atom stereocenters. The van der Waals surface area contributed by atoms with Gasteiger partial charge in [0.2, 0.25) is 0 Å². The van der Waals surface area contributed by atoms with Crippen LogP contribution in [0.25, 0.3) is 11.1 Å². The first-order valence-corrected chi connectivity index (χ1v) is 9.63. The highest BCUT2D eigenvalue weighted by Crippen LogP contribution is 2.38. The van der Waals surface area contributed by atoms with Crippen molar-refractivity contribution in [1.82, 2.24) is 9.47 Å². The quantitative estimate of drug-likeness (QED) is 0.660. The highest BCUT2D eigenvalue weighted by molar-refractivity contribution is 6.31. The smallest absolute Gasteiger partial charge is 0.410 e. The largest absolute Gasteiger partial charge is 0.444 e. The average molecular weight is 440 g/mol. The first-order valence-electron chi connectivity index (χ1n) is 9.25. The van der Waals surface area contributed by atoms with Crippen LogP contribution in [-0.4, -0.2) is 41.1 Å². The molecule has 0 fully saturated rings. The van der Waals surface area contributed by atoms with Gasteiger partial charge in [0.05, 0.1) is 29.4 Å². The first-order chi connectivity index (χ1) is 14.0. The van der Waals surface area contributed by atoms with Gasteiger partial charge in [0.25, 0.3) is 0 Å². The number of carbonyl (C=O) groups excluding carboxylic acids is 1. The summed E-state index contributed by atoms with van der Waals surface area (Å²) in [6.45, 7) is 2.54. The maximum atomic E-state index is 14.2. The molecule has 2 heterocycles. The molecule has 30 heavy (non-hydrogen) atoms. The summed E-state index contributed by atoms with van der Waals surface area (Å²) in [5, 5.41) is 9.64. The molecule has 1 aliphatic rings. The summed E-state index contributed by atoms with van der Waals surface area (Å²) in [5.41, 5.74) is -1.30. The van der Waals surface area contributed by atoms with Crippen LogP contribution in [0.4, 0.5) is 18.0 Å². The summed E-state index contributed by atoms with van der Waals surface area (Å²) in [4.78, 5) is 13.8. The van der Waals surface area contributed by atoms with Crippen molar-refractivity contribution >= 4 is 17.7 Å². The summed E-state index contributed by atoms with van der Waals surface area (Å²) >= 11 is 5.87. The van der Waals surface area contributed by atoms with E-state index in [-0.39, 0.29) is 29.4 Å². The lowest BCUT2D eigenvalue weighted by Crippen LogP contribution is -2.55. The number of alkyl halides is 2. The second-order valence-electron chi connectivity index (χ2n) is 8.30. The molecule has 0 unspecified atom stereocenters. The maximum Gasteiger partial charge on any atom is 0.410 e. The summed E-state index contributed by atoms with van der Waals surface area (Å²) in [6, 6.07) is 5.98. The fraction of sp³-hybridized carbons (Fsp3) is 0.429. The normalized spacial score (nSPS) is 15.5. The SMILES string of the molecule is CC(C)(C)OC(=O)N1Cc2c(C#N)c(-c3ccc(F)c(Cl)c3)cn2C(CF)(CF)C1. The van der Waals surface area contributed by atoms with E-state index in [0.29, 0.717) is 11.1 Å². The summed E-state index contributed by atoms with van der Waals surface area (Å²) < 4.78 is 48.6. The Kier molecular flexibility index (Phi) is 5.79. The second kappa shape index (κ2) is 7.88. The van der Waals surface area contributed by atoms with Crippen LogP contribution in [0.15, 0.2) is 24.4 Å². The number of ether oxygens (including phenoxy) is 1. The van der Waals surface area contributed by atoms with Crippen molar-refractivity contribution in [2.45, 2.75) is 38.5 Å². The standard InChI is InChI=1S/C21H21ClF3N3O2/c1-20(2,3)30-19(29)27-9-18-14(7-26)15(13-4-5-17(25)16(22)6-13)8-28(18)21(10-23,11-24)12-27/h4-6,8H,9-12H2,1-3H3. The van der Waals surface area contributed by atoms with E-state index < -0.39 is 36.4 Å². The van der Waals surface area contributed by atoms with E-state index in [1.807, 2.05) is 6.07 Å². The van der Waals surface area contributed by atoms with E-state index in [0.717, 1.165) is 6.07 Å². The number of nitrogens with zero attached hydrogens (tertiary/aromatic N) is 3. The number of benzene rings is 1. The Balaban J connectivity index is 2.14. The fourth-order valence-corrected chi connectivity index (χ4v) is 3.69. The van der Waals surface area contributed by atoms with Gasteiger partial charge in [0, 0.05) is 11.8 Å². The minimum atomic E-state index is -1.70. The van der Waals surface area contributed by atoms with Crippen LogP contribution in [0.1, 0.15) is 32.0 Å². The van der Waals surface area contributed by atoms with Crippen LogP contribution in [0.3, 0.4) is 0 Å². The number of hydrogen-bond donors (Lipinski definition) is 0. The topological polar surface area (TPSA) is 58.3 Å². The molecule has 0 bridgehead atoms. The average Bonchev–Trinajstić information content (AvgIpc) is 3.07.